The Morgan fingerprint density at radius 2 is 2.25 bits per heavy atom. The van der Waals surface area contributed by atoms with Crippen LogP contribution in [-0.4, -0.2) is 6.66 Å². The molecule has 0 N–H and O–H groups in total. The largest absolute Gasteiger partial charge is 0.375 e. The third-order valence-corrected chi connectivity index (χ3v) is 6.63. The van der Waals surface area contributed by atoms with Gasteiger partial charge in [-0.15, -0.1) is 35.3 Å². The fourth-order valence-corrected chi connectivity index (χ4v) is 5.50. The van der Waals surface area contributed by atoms with Crippen LogP contribution < -0.4 is 10.6 Å². The summed E-state index contributed by atoms with van der Waals surface area (Å²) >= 11 is 7.28. The average Bonchev–Trinajstić information content (AvgIpc) is 2.82. The number of thiophene rings is 2. The highest BCUT2D eigenvalue weighted by atomic mass is 32.2. The Balaban J connectivity index is 2.54. The maximum absolute atomic E-state index is 11.5. The molecule has 0 radical (unpaired) electrons. The third kappa shape index (κ3) is 2.29. The number of thiol groups is 1. The van der Waals surface area contributed by atoms with Crippen molar-refractivity contribution in [1.29, 1.82) is 0 Å². The van der Waals surface area contributed by atoms with Crippen LogP contribution in [0.3, 0.4) is 0 Å². The van der Waals surface area contributed by atoms with E-state index in [-0.39, 0.29) is 8.46 Å². The molecular formula is C9H7O2P2S3+. The van der Waals surface area contributed by atoms with E-state index in [1.807, 2.05) is 17.5 Å². The lowest BCUT2D eigenvalue weighted by Crippen LogP contribution is -1.93. The maximum Gasteiger partial charge on any atom is 0.375 e. The molecule has 2 heterocycles. The fourth-order valence-electron chi connectivity index (χ4n) is 1.28. The molecule has 0 spiro atoms. The Morgan fingerprint density at radius 1 is 1.50 bits per heavy atom. The van der Waals surface area contributed by atoms with Crippen LogP contribution >= 0.6 is 51.6 Å². The van der Waals surface area contributed by atoms with E-state index in [0.29, 0.717) is 5.30 Å². The van der Waals surface area contributed by atoms with Crippen molar-refractivity contribution < 1.29 is 9.13 Å². The Hall–Kier alpha value is -0.0500. The highest BCUT2D eigenvalue weighted by Gasteiger charge is 2.22. The Kier molecular flexibility index (Phi) is 3.93. The Bertz CT molecular complexity index is 559. The maximum atomic E-state index is 11.5. The van der Waals surface area contributed by atoms with Crippen LogP contribution in [-0.2, 0) is 9.13 Å². The molecule has 2 rings (SSSR count). The van der Waals surface area contributed by atoms with Crippen molar-refractivity contribution in [3.05, 3.63) is 17.5 Å². The van der Waals surface area contributed by atoms with E-state index in [2.05, 4.69) is 12.6 Å². The van der Waals surface area contributed by atoms with E-state index in [0.717, 1.165) is 19.3 Å². The summed E-state index contributed by atoms with van der Waals surface area (Å²) in [6.07, 6.45) is 0. The van der Waals surface area contributed by atoms with E-state index in [9.17, 15) is 9.13 Å². The second kappa shape index (κ2) is 5.07. The number of hydrogen-bond acceptors (Lipinski definition) is 5. The van der Waals surface area contributed by atoms with Crippen LogP contribution in [0.5, 0.6) is 0 Å². The summed E-state index contributed by atoms with van der Waals surface area (Å²) in [5.74, 6) is 0. The van der Waals surface area contributed by atoms with Gasteiger partial charge in [0.05, 0.1) is 19.3 Å². The molecule has 1 unspecified atom stereocenters. The minimum absolute atomic E-state index is 0.0226. The Morgan fingerprint density at radius 3 is 2.81 bits per heavy atom. The molecular weight excluding hydrogens is 298 g/mol. The zero-order chi connectivity index (χ0) is 11.7. The minimum Gasteiger partial charge on any atom is -0.269 e. The van der Waals surface area contributed by atoms with Crippen molar-refractivity contribution in [3.8, 4) is 9.75 Å². The summed E-state index contributed by atoms with van der Waals surface area (Å²) < 4.78 is 23.1. The zero-order valence-corrected chi connectivity index (χ0v) is 12.5. The summed E-state index contributed by atoms with van der Waals surface area (Å²) in [6.45, 7) is 1.70. The van der Waals surface area contributed by atoms with Gasteiger partial charge >= 0.3 is 7.80 Å². The van der Waals surface area contributed by atoms with Gasteiger partial charge in [-0.1, -0.05) is 4.57 Å². The fraction of sp³-hybridized carbons (Fsp3) is 0.111. The lowest BCUT2D eigenvalue weighted by atomic mass is 10.4. The standard InChI is InChI=1S/C9H6O2P2S3/c1-13(11)6-2-3-15-8(6)7-4-5(12-10)9(14)16-7/h2-4H,1H3/p+1. The van der Waals surface area contributed by atoms with E-state index in [1.54, 1.807) is 18.0 Å². The van der Waals surface area contributed by atoms with E-state index in [4.69, 9.17) is 0 Å². The minimum atomic E-state index is -1.35. The predicted octanol–water partition coefficient (Wildman–Crippen LogP) is 3.76. The average molecular weight is 305 g/mol. The molecule has 0 aromatic carbocycles. The SMILES string of the molecule is C[P+](=O)c1ccsc1-c1cc(P=O)c(S)s1. The van der Waals surface area contributed by atoms with Gasteiger partial charge in [0.1, 0.15) is 6.66 Å². The van der Waals surface area contributed by atoms with Crippen LogP contribution in [0.25, 0.3) is 9.75 Å². The lowest BCUT2D eigenvalue weighted by Gasteiger charge is -1.88. The molecule has 0 fully saturated rings. The highest BCUT2D eigenvalue weighted by Crippen LogP contribution is 2.35. The van der Waals surface area contributed by atoms with Gasteiger partial charge in [0.15, 0.2) is 8.46 Å². The van der Waals surface area contributed by atoms with Gasteiger partial charge in [0.25, 0.3) is 0 Å². The van der Waals surface area contributed by atoms with Gasteiger partial charge in [-0.25, -0.2) is 0 Å². The van der Waals surface area contributed by atoms with Crippen LogP contribution in [0, 0.1) is 0 Å². The monoisotopic (exact) mass is 305 g/mol. The summed E-state index contributed by atoms with van der Waals surface area (Å²) in [6, 6.07) is 3.72. The molecule has 16 heavy (non-hydrogen) atoms. The first-order valence-corrected chi connectivity index (χ1v) is 8.94. The first kappa shape index (κ1) is 12.4. The van der Waals surface area contributed by atoms with Crippen LogP contribution in [0.2, 0.25) is 0 Å². The quantitative estimate of drug-likeness (QED) is 0.692. The van der Waals surface area contributed by atoms with Crippen molar-refractivity contribution in [3.63, 3.8) is 0 Å². The Labute approximate surface area is 109 Å². The molecule has 0 aliphatic carbocycles. The molecule has 2 aromatic heterocycles. The molecule has 7 heteroatoms. The van der Waals surface area contributed by atoms with Crippen molar-refractivity contribution in [1.82, 2.24) is 0 Å². The molecule has 2 aromatic rings. The molecule has 0 bridgehead atoms. The van der Waals surface area contributed by atoms with Gasteiger partial charge in [-0.3, -0.25) is 4.57 Å². The first-order chi connectivity index (χ1) is 7.63. The highest BCUT2D eigenvalue weighted by molar-refractivity contribution is 7.83. The van der Waals surface area contributed by atoms with Gasteiger partial charge in [-0.05, 0) is 11.4 Å². The molecule has 0 saturated heterocycles. The normalized spacial score (nSPS) is 12.0. The lowest BCUT2D eigenvalue weighted by molar-refractivity contribution is 0.596. The van der Waals surface area contributed by atoms with Crippen molar-refractivity contribution >= 4 is 62.2 Å². The second-order valence-corrected chi connectivity index (χ2v) is 7.88. The molecule has 0 amide bonds. The molecule has 0 saturated carbocycles. The van der Waals surface area contributed by atoms with Crippen LogP contribution in [0.15, 0.2) is 21.7 Å². The smallest absolute Gasteiger partial charge is 0.269 e. The first-order valence-electron chi connectivity index (χ1n) is 4.28. The van der Waals surface area contributed by atoms with Crippen molar-refractivity contribution in [2.45, 2.75) is 4.21 Å². The second-order valence-electron chi connectivity index (χ2n) is 3.02. The van der Waals surface area contributed by atoms with Crippen molar-refractivity contribution in [2.24, 2.45) is 0 Å². The van der Waals surface area contributed by atoms with Gasteiger partial charge in [-0.2, -0.15) is 0 Å². The van der Waals surface area contributed by atoms with Gasteiger partial charge in [0.2, 0.25) is 5.30 Å². The zero-order valence-electron chi connectivity index (χ0n) is 8.21. The van der Waals surface area contributed by atoms with E-state index < -0.39 is 7.80 Å². The summed E-state index contributed by atoms with van der Waals surface area (Å²) in [7, 11) is -1.37. The predicted molar refractivity (Wildman–Crippen MR) is 75.3 cm³/mol. The van der Waals surface area contributed by atoms with E-state index >= 15 is 0 Å². The number of rotatable bonds is 3. The molecule has 82 valence electrons. The molecule has 0 aliphatic rings. The van der Waals surface area contributed by atoms with Crippen LogP contribution in [0.1, 0.15) is 0 Å². The van der Waals surface area contributed by atoms with Gasteiger partial charge < -0.3 is 0 Å². The summed E-state index contributed by atoms with van der Waals surface area (Å²) in [4.78, 5) is 1.98. The van der Waals surface area contributed by atoms with Crippen LogP contribution in [0.4, 0.5) is 0 Å². The molecule has 2 nitrogen and oxygen atoms in total. The summed E-state index contributed by atoms with van der Waals surface area (Å²) in [5.41, 5.74) is 0. The topological polar surface area (TPSA) is 34.1 Å². The van der Waals surface area contributed by atoms with Crippen molar-refractivity contribution in [2.75, 3.05) is 6.66 Å². The third-order valence-electron chi connectivity index (χ3n) is 2.00. The summed E-state index contributed by atoms with van der Waals surface area (Å²) in [5, 5.41) is 3.48. The van der Waals surface area contributed by atoms with E-state index in [1.165, 1.54) is 11.3 Å². The van der Waals surface area contributed by atoms with Gasteiger partial charge in [0, 0.05) is 6.07 Å². The number of hydrogen-bond donors (Lipinski definition) is 1. The molecule has 1 atom stereocenters. The molecule has 0 aliphatic heterocycles.